The van der Waals surface area contributed by atoms with Crippen LogP contribution in [0.3, 0.4) is 0 Å². The molecule has 4 heteroatoms. The van der Waals surface area contributed by atoms with E-state index in [1.165, 1.54) is 31.4 Å². The number of hydrogen-bond acceptors (Lipinski definition) is 4. The van der Waals surface area contributed by atoms with Gasteiger partial charge in [0.25, 0.3) is 0 Å². The monoisotopic (exact) mass is 308 g/mol. The maximum absolute atomic E-state index is 6.23. The van der Waals surface area contributed by atoms with Gasteiger partial charge in [0.2, 0.25) is 0 Å². The van der Waals surface area contributed by atoms with Gasteiger partial charge in [-0.3, -0.25) is 4.90 Å². The van der Waals surface area contributed by atoms with Crippen LogP contribution in [0.4, 0.5) is 0 Å². The Bertz CT molecular complexity index is 466. The summed E-state index contributed by atoms with van der Waals surface area (Å²) in [5.74, 6) is 0. The molecular weight excluding hydrogens is 280 g/mol. The molecule has 0 aromatic carbocycles. The summed E-state index contributed by atoms with van der Waals surface area (Å²) in [5, 5.41) is 5.79. The van der Waals surface area contributed by atoms with E-state index in [-0.39, 0.29) is 5.54 Å². The second kappa shape index (κ2) is 6.37. The molecule has 0 bridgehead atoms. The van der Waals surface area contributed by atoms with Gasteiger partial charge in [0.15, 0.2) is 0 Å². The van der Waals surface area contributed by atoms with Gasteiger partial charge >= 0.3 is 0 Å². The minimum absolute atomic E-state index is 0.184. The van der Waals surface area contributed by atoms with E-state index in [4.69, 9.17) is 4.74 Å². The standard InChI is InChI=1S/C17H28N2OS/c1-17(2,3)18-10-14-4-5-15(20-14)12-19-8-6-16-13(11-19)7-9-21-16/h7,9,14-15,18H,4-6,8,10-12H2,1-3H3. The number of ether oxygens (including phenoxy) is 1. The molecule has 2 unspecified atom stereocenters. The first-order valence-electron chi connectivity index (χ1n) is 8.18. The lowest BCUT2D eigenvalue weighted by Gasteiger charge is -2.29. The molecule has 2 aliphatic rings. The van der Waals surface area contributed by atoms with Crippen LogP contribution < -0.4 is 5.32 Å². The van der Waals surface area contributed by atoms with Crippen LogP contribution in [0.1, 0.15) is 44.1 Å². The average Bonchev–Trinajstić information content (AvgIpc) is 3.04. The molecule has 0 amide bonds. The Morgan fingerprint density at radius 3 is 2.95 bits per heavy atom. The molecule has 0 spiro atoms. The van der Waals surface area contributed by atoms with Crippen LogP contribution in [-0.2, 0) is 17.7 Å². The van der Waals surface area contributed by atoms with Crippen LogP contribution in [0.15, 0.2) is 11.4 Å². The predicted octanol–water partition coefficient (Wildman–Crippen LogP) is 3.04. The lowest BCUT2D eigenvalue weighted by molar-refractivity contribution is 0.0185. The Hall–Kier alpha value is -0.420. The molecule has 118 valence electrons. The normalized spacial score (nSPS) is 27.0. The summed E-state index contributed by atoms with van der Waals surface area (Å²) in [5.41, 5.74) is 1.72. The number of hydrogen-bond donors (Lipinski definition) is 1. The van der Waals surface area contributed by atoms with E-state index in [2.05, 4.69) is 42.4 Å². The molecule has 2 aliphatic heterocycles. The van der Waals surface area contributed by atoms with Crippen LogP contribution in [-0.4, -0.2) is 42.3 Å². The number of nitrogens with zero attached hydrogens (tertiary/aromatic N) is 1. The lowest BCUT2D eigenvalue weighted by Crippen LogP contribution is -2.41. The SMILES string of the molecule is CC(C)(C)NCC1CCC(CN2CCc3sccc3C2)O1. The van der Waals surface area contributed by atoms with E-state index in [0.29, 0.717) is 12.2 Å². The Balaban J connectivity index is 1.43. The summed E-state index contributed by atoms with van der Waals surface area (Å²) in [6.45, 7) is 11.0. The highest BCUT2D eigenvalue weighted by Gasteiger charge is 2.28. The Morgan fingerprint density at radius 1 is 1.33 bits per heavy atom. The van der Waals surface area contributed by atoms with Crippen LogP contribution >= 0.6 is 11.3 Å². The molecule has 3 heterocycles. The number of rotatable bonds is 4. The topological polar surface area (TPSA) is 24.5 Å². The van der Waals surface area contributed by atoms with E-state index < -0.39 is 0 Å². The van der Waals surface area contributed by atoms with Gasteiger partial charge in [-0.2, -0.15) is 0 Å². The second-order valence-corrected chi connectivity index (χ2v) is 8.44. The van der Waals surface area contributed by atoms with Crippen molar-refractivity contribution in [3.63, 3.8) is 0 Å². The van der Waals surface area contributed by atoms with Crippen molar-refractivity contribution < 1.29 is 4.74 Å². The van der Waals surface area contributed by atoms with Gasteiger partial charge in [0, 0.05) is 36.6 Å². The Kier molecular flexibility index (Phi) is 4.69. The molecule has 1 N–H and O–H groups in total. The van der Waals surface area contributed by atoms with Crippen molar-refractivity contribution in [1.29, 1.82) is 0 Å². The van der Waals surface area contributed by atoms with Crippen molar-refractivity contribution in [2.75, 3.05) is 19.6 Å². The quantitative estimate of drug-likeness (QED) is 0.925. The summed E-state index contributed by atoms with van der Waals surface area (Å²) >= 11 is 1.91. The van der Waals surface area contributed by atoms with E-state index in [9.17, 15) is 0 Å². The molecule has 1 aromatic heterocycles. The second-order valence-electron chi connectivity index (χ2n) is 7.44. The first-order valence-corrected chi connectivity index (χ1v) is 9.06. The van der Waals surface area contributed by atoms with Gasteiger partial charge in [-0.05, 0) is 57.0 Å². The highest BCUT2D eigenvalue weighted by atomic mass is 32.1. The third kappa shape index (κ3) is 4.28. The van der Waals surface area contributed by atoms with Crippen molar-refractivity contribution in [1.82, 2.24) is 10.2 Å². The van der Waals surface area contributed by atoms with Crippen molar-refractivity contribution in [3.05, 3.63) is 21.9 Å². The zero-order chi connectivity index (χ0) is 14.9. The zero-order valence-corrected chi connectivity index (χ0v) is 14.3. The molecule has 1 aromatic rings. The van der Waals surface area contributed by atoms with Crippen molar-refractivity contribution >= 4 is 11.3 Å². The third-order valence-corrected chi connectivity index (χ3v) is 5.43. The summed E-state index contributed by atoms with van der Waals surface area (Å²) in [7, 11) is 0. The van der Waals surface area contributed by atoms with Gasteiger partial charge in [0.05, 0.1) is 12.2 Å². The van der Waals surface area contributed by atoms with Gasteiger partial charge in [0.1, 0.15) is 0 Å². The lowest BCUT2D eigenvalue weighted by atomic mass is 10.1. The first-order chi connectivity index (χ1) is 9.99. The molecule has 1 saturated heterocycles. The fraction of sp³-hybridized carbons (Fsp3) is 0.765. The molecule has 1 fully saturated rings. The maximum Gasteiger partial charge on any atom is 0.0707 e. The van der Waals surface area contributed by atoms with Crippen LogP contribution in [0.2, 0.25) is 0 Å². The summed E-state index contributed by atoms with van der Waals surface area (Å²) < 4.78 is 6.23. The van der Waals surface area contributed by atoms with E-state index in [1.54, 1.807) is 4.88 Å². The van der Waals surface area contributed by atoms with Crippen LogP contribution in [0.5, 0.6) is 0 Å². The highest BCUT2D eigenvalue weighted by Crippen LogP contribution is 2.26. The molecule has 0 radical (unpaired) electrons. The number of thiophene rings is 1. The van der Waals surface area contributed by atoms with Crippen LogP contribution in [0.25, 0.3) is 0 Å². The maximum atomic E-state index is 6.23. The van der Waals surface area contributed by atoms with E-state index in [0.717, 1.165) is 19.6 Å². The largest absolute Gasteiger partial charge is 0.372 e. The van der Waals surface area contributed by atoms with Gasteiger partial charge in [-0.15, -0.1) is 11.3 Å². The average molecular weight is 308 g/mol. The molecule has 0 aliphatic carbocycles. The molecule has 3 rings (SSSR count). The van der Waals surface area contributed by atoms with Gasteiger partial charge < -0.3 is 10.1 Å². The highest BCUT2D eigenvalue weighted by molar-refractivity contribution is 7.10. The molecule has 3 nitrogen and oxygen atoms in total. The molecule has 0 saturated carbocycles. The zero-order valence-electron chi connectivity index (χ0n) is 13.5. The molecule has 2 atom stereocenters. The van der Waals surface area contributed by atoms with Crippen molar-refractivity contribution in [3.8, 4) is 0 Å². The van der Waals surface area contributed by atoms with E-state index >= 15 is 0 Å². The summed E-state index contributed by atoms with van der Waals surface area (Å²) in [6.07, 6.45) is 4.46. The third-order valence-electron chi connectivity index (χ3n) is 4.40. The fourth-order valence-electron chi connectivity index (χ4n) is 3.24. The minimum Gasteiger partial charge on any atom is -0.372 e. The Morgan fingerprint density at radius 2 is 2.14 bits per heavy atom. The van der Waals surface area contributed by atoms with Crippen LogP contribution in [0, 0.1) is 0 Å². The first kappa shape index (κ1) is 15.5. The fourth-order valence-corrected chi connectivity index (χ4v) is 4.12. The smallest absolute Gasteiger partial charge is 0.0707 e. The molecular formula is C17H28N2OS. The van der Waals surface area contributed by atoms with Crippen molar-refractivity contribution in [2.45, 2.75) is 64.3 Å². The number of fused-ring (bicyclic) bond motifs is 1. The summed E-state index contributed by atoms with van der Waals surface area (Å²) in [4.78, 5) is 4.16. The summed E-state index contributed by atoms with van der Waals surface area (Å²) in [6, 6.07) is 2.29. The van der Waals surface area contributed by atoms with E-state index in [1.807, 2.05) is 11.3 Å². The minimum atomic E-state index is 0.184. The number of nitrogens with one attached hydrogen (secondary N) is 1. The predicted molar refractivity (Wildman–Crippen MR) is 89.0 cm³/mol. The van der Waals surface area contributed by atoms with Crippen molar-refractivity contribution in [2.24, 2.45) is 0 Å². The van der Waals surface area contributed by atoms with Gasteiger partial charge in [-0.25, -0.2) is 0 Å². The molecule has 21 heavy (non-hydrogen) atoms. The van der Waals surface area contributed by atoms with Gasteiger partial charge in [-0.1, -0.05) is 0 Å². The Labute approximate surface area is 132 Å².